The Morgan fingerprint density at radius 2 is 1.52 bits per heavy atom. The molecule has 1 spiro atoms. The van der Waals surface area contributed by atoms with Crippen LogP contribution >= 0.6 is 0 Å². The highest BCUT2D eigenvalue weighted by molar-refractivity contribution is 6.25. The molecule has 3 aromatic carbocycles. The number of rotatable bonds is 5. The molecule has 4 heterocycles. The normalized spacial score (nSPS) is 21.5. The number of benzene rings is 3. The van der Waals surface area contributed by atoms with Gasteiger partial charge < -0.3 is 4.90 Å². The van der Waals surface area contributed by atoms with Crippen molar-refractivity contribution in [2.75, 3.05) is 26.2 Å². The summed E-state index contributed by atoms with van der Waals surface area (Å²) in [5, 5.41) is 2.24. The van der Waals surface area contributed by atoms with E-state index < -0.39 is 35.5 Å². The second kappa shape index (κ2) is 11.9. The molecule has 1 atom stereocenters. The third-order valence-electron chi connectivity index (χ3n) is 10.2. The Hall–Kier alpha value is -4.70. The molecule has 1 unspecified atom stereocenters. The molecule has 236 valence electrons. The van der Waals surface area contributed by atoms with Gasteiger partial charge in [0.25, 0.3) is 17.7 Å². The van der Waals surface area contributed by atoms with Crippen LogP contribution in [0.15, 0.2) is 66.7 Å². The summed E-state index contributed by atoms with van der Waals surface area (Å²) in [5.41, 5.74) is 3.43. The predicted octanol–water partition coefficient (Wildman–Crippen LogP) is 4.41. The number of hydrogen-bond donors (Lipinski definition) is 1. The topological polar surface area (TPSA) is 107 Å². The van der Waals surface area contributed by atoms with Crippen molar-refractivity contribution in [3.63, 3.8) is 0 Å². The Labute approximate surface area is 266 Å². The van der Waals surface area contributed by atoms with Gasteiger partial charge in [0.15, 0.2) is 0 Å². The molecular formula is C36H35FN4O5. The maximum Gasteiger partial charge on any atom is 0.262 e. The number of hydrogen-bond acceptors (Lipinski definition) is 6. The first-order valence-electron chi connectivity index (χ1n) is 15.9. The van der Waals surface area contributed by atoms with Crippen molar-refractivity contribution in [2.24, 2.45) is 5.41 Å². The lowest BCUT2D eigenvalue weighted by molar-refractivity contribution is -0.136. The molecule has 5 amide bonds. The Morgan fingerprint density at radius 3 is 2.26 bits per heavy atom. The van der Waals surface area contributed by atoms with E-state index in [0.717, 1.165) is 61.3 Å². The Balaban J connectivity index is 1.00. The number of likely N-dealkylation sites (tertiary alicyclic amines) is 2. The van der Waals surface area contributed by atoms with Gasteiger partial charge in [-0.05, 0) is 91.6 Å². The SMILES string of the molecule is O=C1CCC(N2C(=O)c3cccc(-c4cccc(CN5CCC6(CC5)CCN(C(=O)c5ccccc5F)CC6)c4)c3C2=O)C(=O)N1. The van der Waals surface area contributed by atoms with Crippen LogP contribution in [0.25, 0.3) is 11.1 Å². The molecule has 46 heavy (non-hydrogen) atoms. The predicted molar refractivity (Wildman–Crippen MR) is 167 cm³/mol. The fourth-order valence-electron chi connectivity index (χ4n) is 7.53. The van der Waals surface area contributed by atoms with Crippen LogP contribution in [0.3, 0.4) is 0 Å². The second-order valence-corrected chi connectivity index (χ2v) is 12.9. The van der Waals surface area contributed by atoms with Gasteiger partial charge in [0, 0.05) is 26.1 Å². The molecule has 3 aromatic rings. The Bertz CT molecular complexity index is 1750. The molecule has 0 radical (unpaired) electrons. The summed E-state index contributed by atoms with van der Waals surface area (Å²) in [6.07, 6.45) is 4.09. The summed E-state index contributed by atoms with van der Waals surface area (Å²) in [6.45, 7) is 3.88. The molecule has 3 saturated heterocycles. The summed E-state index contributed by atoms with van der Waals surface area (Å²) in [7, 11) is 0. The summed E-state index contributed by atoms with van der Waals surface area (Å²) in [4.78, 5) is 69.2. The maximum atomic E-state index is 14.2. The van der Waals surface area contributed by atoms with Gasteiger partial charge in [-0.25, -0.2) is 4.39 Å². The van der Waals surface area contributed by atoms with E-state index in [2.05, 4.69) is 22.3 Å². The van der Waals surface area contributed by atoms with E-state index in [-0.39, 0.29) is 40.9 Å². The minimum atomic E-state index is -1.01. The highest BCUT2D eigenvalue weighted by Gasteiger charge is 2.45. The molecule has 4 aliphatic heterocycles. The van der Waals surface area contributed by atoms with Gasteiger partial charge in [-0.1, -0.05) is 42.5 Å². The lowest BCUT2D eigenvalue weighted by Crippen LogP contribution is -2.54. The van der Waals surface area contributed by atoms with Crippen LogP contribution in [0.1, 0.15) is 75.2 Å². The van der Waals surface area contributed by atoms with Crippen LogP contribution in [0, 0.1) is 11.2 Å². The van der Waals surface area contributed by atoms with Crippen molar-refractivity contribution in [1.29, 1.82) is 0 Å². The first-order chi connectivity index (χ1) is 22.2. The fourth-order valence-corrected chi connectivity index (χ4v) is 7.53. The smallest absolute Gasteiger partial charge is 0.262 e. The van der Waals surface area contributed by atoms with Crippen LogP contribution in [0.2, 0.25) is 0 Å². The summed E-state index contributed by atoms with van der Waals surface area (Å²) in [5.74, 6) is -2.77. The Morgan fingerprint density at radius 1 is 0.826 bits per heavy atom. The van der Waals surface area contributed by atoms with Crippen molar-refractivity contribution in [1.82, 2.24) is 20.0 Å². The first kappa shape index (κ1) is 30.0. The van der Waals surface area contributed by atoms with E-state index >= 15 is 0 Å². The van der Waals surface area contributed by atoms with E-state index in [0.29, 0.717) is 18.7 Å². The van der Waals surface area contributed by atoms with Crippen molar-refractivity contribution in [2.45, 2.75) is 51.1 Å². The number of fused-ring (bicyclic) bond motifs is 1. The summed E-state index contributed by atoms with van der Waals surface area (Å²) < 4.78 is 14.2. The number of imide groups is 2. The van der Waals surface area contributed by atoms with Crippen molar-refractivity contribution < 1.29 is 28.4 Å². The maximum absolute atomic E-state index is 14.2. The number of carbonyl (C=O) groups is 5. The van der Waals surface area contributed by atoms with Crippen LogP contribution < -0.4 is 5.32 Å². The van der Waals surface area contributed by atoms with Crippen LogP contribution in [-0.2, 0) is 16.1 Å². The summed E-state index contributed by atoms with van der Waals surface area (Å²) in [6, 6.07) is 18.3. The molecule has 4 aliphatic rings. The standard InChI is InChI=1S/C36H35FN4O5/c37-28-10-2-1-7-26(28)33(44)40-19-15-36(16-20-40)13-17-39(18-14-36)22-23-5-3-6-24(21-23)25-8-4-9-27-31(25)35(46)41(34(27)45)29-11-12-30(42)38-32(29)43/h1-10,21,29H,11-20,22H2,(H,38,42,43). The first-order valence-corrected chi connectivity index (χ1v) is 15.9. The number of amides is 5. The van der Waals surface area contributed by atoms with E-state index in [1.807, 2.05) is 18.2 Å². The van der Waals surface area contributed by atoms with E-state index in [9.17, 15) is 28.4 Å². The van der Waals surface area contributed by atoms with Crippen LogP contribution in [0.5, 0.6) is 0 Å². The van der Waals surface area contributed by atoms with Crippen molar-refractivity contribution >= 4 is 29.5 Å². The molecule has 10 heteroatoms. The molecule has 1 N–H and O–H groups in total. The zero-order valence-corrected chi connectivity index (χ0v) is 25.5. The number of halogens is 1. The van der Waals surface area contributed by atoms with E-state index in [1.54, 1.807) is 35.2 Å². The molecule has 3 fully saturated rings. The molecule has 0 saturated carbocycles. The van der Waals surface area contributed by atoms with Crippen molar-refractivity contribution in [3.05, 3.63) is 94.8 Å². The minimum absolute atomic E-state index is 0.0734. The van der Waals surface area contributed by atoms with E-state index in [4.69, 9.17) is 0 Å². The van der Waals surface area contributed by atoms with Crippen LogP contribution in [-0.4, -0.2) is 76.5 Å². The zero-order valence-electron chi connectivity index (χ0n) is 25.5. The van der Waals surface area contributed by atoms with Gasteiger partial charge >= 0.3 is 0 Å². The van der Waals surface area contributed by atoms with Gasteiger partial charge in [0.1, 0.15) is 11.9 Å². The molecular weight excluding hydrogens is 587 g/mol. The third-order valence-corrected chi connectivity index (χ3v) is 10.2. The summed E-state index contributed by atoms with van der Waals surface area (Å²) >= 11 is 0. The molecule has 9 nitrogen and oxygen atoms in total. The fraction of sp³-hybridized carbons (Fsp3) is 0.361. The molecule has 0 bridgehead atoms. The van der Waals surface area contributed by atoms with Gasteiger partial charge in [-0.2, -0.15) is 0 Å². The number of nitrogens with zero attached hydrogens (tertiary/aromatic N) is 3. The number of piperidine rings is 3. The van der Waals surface area contributed by atoms with E-state index in [1.165, 1.54) is 6.07 Å². The number of nitrogens with one attached hydrogen (secondary N) is 1. The van der Waals surface area contributed by atoms with Gasteiger partial charge in [0.05, 0.1) is 16.7 Å². The van der Waals surface area contributed by atoms with Crippen molar-refractivity contribution in [3.8, 4) is 11.1 Å². The van der Waals surface area contributed by atoms with Gasteiger partial charge in [-0.3, -0.25) is 39.1 Å². The molecule has 0 aromatic heterocycles. The minimum Gasteiger partial charge on any atom is -0.339 e. The average molecular weight is 623 g/mol. The highest BCUT2D eigenvalue weighted by atomic mass is 19.1. The lowest BCUT2D eigenvalue weighted by atomic mass is 9.71. The zero-order chi connectivity index (χ0) is 32.0. The highest BCUT2D eigenvalue weighted by Crippen LogP contribution is 2.42. The average Bonchev–Trinajstić information content (AvgIpc) is 3.32. The largest absolute Gasteiger partial charge is 0.339 e. The molecule has 0 aliphatic carbocycles. The monoisotopic (exact) mass is 622 g/mol. The van der Waals surface area contributed by atoms with Gasteiger partial charge in [-0.15, -0.1) is 0 Å². The number of carbonyl (C=O) groups excluding carboxylic acids is 5. The molecule has 7 rings (SSSR count). The third kappa shape index (κ3) is 5.40. The Kier molecular flexibility index (Phi) is 7.76. The van der Waals surface area contributed by atoms with Crippen LogP contribution in [0.4, 0.5) is 4.39 Å². The van der Waals surface area contributed by atoms with Gasteiger partial charge in [0.2, 0.25) is 11.8 Å². The second-order valence-electron chi connectivity index (χ2n) is 12.9. The quantitative estimate of drug-likeness (QED) is 0.423. The lowest BCUT2D eigenvalue weighted by Gasteiger charge is -2.47.